The molecule has 0 saturated carbocycles. The molecule has 20 heteroatoms. The molecule has 6 heterocycles. The second kappa shape index (κ2) is 19.1. The fourth-order valence-corrected chi connectivity index (χ4v) is 9.20. The topological polar surface area (TPSA) is 216 Å². The maximum absolute atomic E-state index is 14.3. The molecule has 0 radical (unpaired) electrons. The van der Waals surface area contributed by atoms with Crippen LogP contribution in [0.2, 0.25) is 0 Å². The molecule has 0 aliphatic carbocycles. The number of nitrogens with zero attached hydrogens (tertiary/aromatic N) is 8. The minimum Gasteiger partial charge on any atom is -0.383 e. The Morgan fingerprint density at radius 3 is 2.40 bits per heavy atom. The lowest BCUT2D eigenvalue weighted by atomic mass is 9.94. The number of amides is 7. The first-order valence-corrected chi connectivity index (χ1v) is 22.1. The van der Waals surface area contributed by atoms with Crippen LogP contribution in [0.4, 0.5) is 26.6 Å². The normalized spacial score (nSPS) is 19.7. The number of hydrogen-bond donors (Lipinski definition) is 4. The summed E-state index contributed by atoms with van der Waals surface area (Å²) in [6, 6.07) is 18.8. The number of fused-ring (bicyclic) bond motifs is 1. The number of methoxy groups -OCH3 is 1. The van der Waals surface area contributed by atoms with Crippen molar-refractivity contribution in [2.24, 2.45) is 0 Å². The Morgan fingerprint density at radius 1 is 0.910 bits per heavy atom. The number of likely N-dealkylation sites (tertiary alicyclic amines) is 1. The van der Waals surface area contributed by atoms with E-state index in [0.29, 0.717) is 86.7 Å². The predicted octanol–water partition coefficient (Wildman–Crippen LogP) is 3.17. The van der Waals surface area contributed by atoms with Gasteiger partial charge in [-0.25, -0.2) is 23.8 Å². The van der Waals surface area contributed by atoms with Gasteiger partial charge in [0.15, 0.2) is 0 Å². The number of piperidine rings is 1. The predicted molar refractivity (Wildman–Crippen MR) is 243 cm³/mol. The molecule has 4 aliphatic rings. The van der Waals surface area contributed by atoms with Crippen LogP contribution in [0.3, 0.4) is 0 Å². The molecule has 7 amide bonds. The summed E-state index contributed by atoms with van der Waals surface area (Å²) in [7, 11) is 1.64. The van der Waals surface area contributed by atoms with Crippen LogP contribution in [0.15, 0.2) is 85.2 Å². The molecule has 19 nitrogen and oxygen atoms in total. The van der Waals surface area contributed by atoms with Crippen LogP contribution >= 0.6 is 0 Å². The van der Waals surface area contributed by atoms with Crippen molar-refractivity contribution in [3.05, 3.63) is 113 Å². The number of hydrogen-bond acceptors (Lipinski definition) is 13. The van der Waals surface area contributed by atoms with Gasteiger partial charge >= 0.3 is 6.03 Å². The van der Waals surface area contributed by atoms with Crippen LogP contribution in [0, 0.1) is 12.7 Å². The van der Waals surface area contributed by atoms with E-state index in [-0.39, 0.29) is 54.2 Å². The molecule has 9 rings (SSSR count). The smallest absolute Gasteiger partial charge is 0.320 e. The number of urea groups is 1. The molecule has 4 N–H and O–H groups in total. The van der Waals surface area contributed by atoms with Gasteiger partial charge in [0, 0.05) is 94.5 Å². The highest BCUT2D eigenvalue weighted by Crippen LogP contribution is 2.34. The van der Waals surface area contributed by atoms with Crippen LogP contribution in [0.1, 0.15) is 50.6 Å². The van der Waals surface area contributed by atoms with Crippen molar-refractivity contribution in [1.82, 2.24) is 45.1 Å². The minimum absolute atomic E-state index is 0.0110. The molecule has 346 valence electrons. The van der Waals surface area contributed by atoms with E-state index in [4.69, 9.17) is 9.84 Å². The number of carbonyl (C=O) groups excluding carboxylic acids is 6. The third-order valence-electron chi connectivity index (χ3n) is 12.7. The molecular formula is C47H49FN12O7. The second-order valence-corrected chi connectivity index (χ2v) is 16.9. The Labute approximate surface area is 384 Å². The maximum atomic E-state index is 14.3. The monoisotopic (exact) mass is 912 g/mol. The van der Waals surface area contributed by atoms with Crippen molar-refractivity contribution >= 4 is 53.0 Å². The summed E-state index contributed by atoms with van der Waals surface area (Å²) in [6.45, 7) is 5.79. The third-order valence-corrected chi connectivity index (χ3v) is 12.7. The maximum Gasteiger partial charge on any atom is 0.320 e. The average molecular weight is 913 g/mol. The number of ether oxygens (including phenoxy) is 1. The first kappa shape index (κ1) is 44.6. The number of rotatable bonds is 13. The molecule has 5 aromatic rings. The van der Waals surface area contributed by atoms with Gasteiger partial charge in [-0.15, -0.1) is 0 Å². The van der Waals surface area contributed by atoms with Crippen LogP contribution in [-0.2, 0) is 19.1 Å². The number of anilines is 3. The van der Waals surface area contributed by atoms with Crippen molar-refractivity contribution in [2.45, 2.75) is 37.8 Å². The number of piperazine rings is 1. The zero-order chi connectivity index (χ0) is 46.8. The highest BCUT2D eigenvalue weighted by atomic mass is 19.1. The van der Waals surface area contributed by atoms with Gasteiger partial charge in [0.25, 0.3) is 11.8 Å². The van der Waals surface area contributed by atoms with Crippen LogP contribution in [-0.4, -0.2) is 148 Å². The summed E-state index contributed by atoms with van der Waals surface area (Å²) in [5, 5.41) is 16.4. The molecule has 3 fully saturated rings. The molecule has 3 saturated heterocycles. The van der Waals surface area contributed by atoms with E-state index in [1.165, 1.54) is 18.2 Å². The van der Waals surface area contributed by atoms with Crippen molar-refractivity contribution in [1.29, 1.82) is 0 Å². The molecule has 1 unspecified atom stereocenters. The first-order valence-electron chi connectivity index (χ1n) is 22.1. The summed E-state index contributed by atoms with van der Waals surface area (Å²) in [6.07, 6.45) is 3.41. The number of halogens is 1. The number of carbonyl (C=O) groups is 6. The molecule has 2 aromatic heterocycles. The SMILES string of the molecule is COCCN1C[C@@H](NC(=O)Nc2c(C)c(-c3cnc(N4CCN(C(=O)CNc5cccc6c5C(=O)N(C5CCC(=O)NC5=O)C6=O)CC4)nc3)nn2-c2ccccc2)[C@H](c2cccc(F)c2)C1. The Hall–Kier alpha value is -7.58. The fourth-order valence-electron chi connectivity index (χ4n) is 9.20. The lowest BCUT2D eigenvalue weighted by molar-refractivity contribution is -0.136. The Balaban J connectivity index is 0.837. The van der Waals surface area contributed by atoms with Gasteiger partial charge in [0.2, 0.25) is 23.7 Å². The van der Waals surface area contributed by atoms with Crippen LogP contribution in [0.25, 0.3) is 16.9 Å². The van der Waals surface area contributed by atoms with Crippen molar-refractivity contribution in [2.75, 3.05) is 81.6 Å². The summed E-state index contributed by atoms with van der Waals surface area (Å²) in [5.41, 5.74) is 3.91. The number of imide groups is 2. The Kier molecular flexibility index (Phi) is 12.7. The summed E-state index contributed by atoms with van der Waals surface area (Å²) < 4.78 is 21.3. The van der Waals surface area contributed by atoms with E-state index < -0.39 is 35.7 Å². The van der Waals surface area contributed by atoms with Gasteiger partial charge in [-0.05, 0) is 55.3 Å². The van der Waals surface area contributed by atoms with Gasteiger partial charge in [0.05, 0.1) is 36.0 Å². The van der Waals surface area contributed by atoms with Crippen molar-refractivity contribution in [3.8, 4) is 16.9 Å². The highest BCUT2D eigenvalue weighted by molar-refractivity contribution is 6.25. The molecule has 67 heavy (non-hydrogen) atoms. The van der Waals surface area contributed by atoms with Gasteiger partial charge in [-0.1, -0.05) is 36.4 Å². The number of benzene rings is 3. The zero-order valence-corrected chi connectivity index (χ0v) is 36.9. The highest BCUT2D eigenvalue weighted by Gasteiger charge is 2.46. The largest absolute Gasteiger partial charge is 0.383 e. The van der Waals surface area contributed by atoms with Gasteiger partial charge in [-0.2, -0.15) is 5.10 Å². The number of aromatic nitrogens is 4. The molecule has 3 aromatic carbocycles. The molecule has 0 spiro atoms. The van der Waals surface area contributed by atoms with E-state index in [0.717, 1.165) is 16.2 Å². The average Bonchev–Trinajstić information content (AvgIpc) is 3.97. The fraction of sp³-hybridized carbons (Fsp3) is 0.340. The standard InChI is InChI=1S/C47H49FN12O7/c1-28-41(55-60(32-10-4-3-5-11-32)42(28)54-47(66)52-36-27-56(20-21-67-2)26-34(36)29-8-6-9-31(48)22-29)30-23-50-46(51-24-30)58-18-16-57(17-19-58)39(62)25-49-35-13-7-12-33-40(35)45(65)59(44(33)64)37-14-15-38(61)53-43(37)63/h3-13,22-24,34,36-37,49H,14-21,25-27H2,1-2H3,(H2,52,54,66)(H,53,61,63)/t34-,36+,37?/m0/s1. The quantitative estimate of drug-likeness (QED) is 0.125. The summed E-state index contributed by atoms with van der Waals surface area (Å²) in [4.78, 5) is 94.3. The lowest BCUT2D eigenvalue weighted by Gasteiger charge is -2.34. The third kappa shape index (κ3) is 9.17. The Bertz CT molecular complexity index is 2730. The number of nitrogens with one attached hydrogen (secondary N) is 4. The van der Waals surface area contributed by atoms with Crippen molar-refractivity contribution in [3.63, 3.8) is 0 Å². The van der Waals surface area contributed by atoms with Gasteiger partial charge in [-0.3, -0.25) is 44.4 Å². The van der Waals surface area contributed by atoms with E-state index in [1.54, 1.807) is 47.3 Å². The van der Waals surface area contributed by atoms with Gasteiger partial charge in [0.1, 0.15) is 23.4 Å². The first-order chi connectivity index (χ1) is 32.5. The molecule has 4 aliphatic heterocycles. The van der Waals surface area contributed by atoms with E-state index in [2.05, 4.69) is 36.1 Å². The van der Waals surface area contributed by atoms with E-state index >= 15 is 0 Å². The lowest BCUT2D eigenvalue weighted by Crippen LogP contribution is -2.54. The summed E-state index contributed by atoms with van der Waals surface area (Å²) in [5.74, 6) is -2.20. The molecule has 3 atom stereocenters. The number of para-hydroxylation sites is 1. The molecular weight excluding hydrogens is 864 g/mol. The summed E-state index contributed by atoms with van der Waals surface area (Å²) >= 11 is 0. The van der Waals surface area contributed by atoms with E-state index in [1.807, 2.05) is 48.2 Å². The minimum atomic E-state index is -1.10. The van der Waals surface area contributed by atoms with Crippen LogP contribution in [0.5, 0.6) is 0 Å². The van der Waals surface area contributed by atoms with Crippen molar-refractivity contribution < 1.29 is 37.9 Å². The Morgan fingerprint density at radius 2 is 1.67 bits per heavy atom. The second-order valence-electron chi connectivity index (χ2n) is 16.9. The molecule has 0 bridgehead atoms. The zero-order valence-electron chi connectivity index (χ0n) is 36.9. The van der Waals surface area contributed by atoms with E-state index in [9.17, 15) is 33.2 Å². The van der Waals surface area contributed by atoms with Crippen LogP contribution < -0.4 is 26.2 Å². The van der Waals surface area contributed by atoms with Gasteiger partial charge < -0.3 is 25.2 Å².